The molecule has 5 aromatic carbocycles. The number of aliphatic hydroxyl groups is 1. The first-order valence-electron chi connectivity index (χ1n) is 12.7. The quantitative estimate of drug-likeness (QED) is 0.150. The number of aliphatic hydroxyl groups excluding tert-OH is 1. The van der Waals surface area contributed by atoms with Crippen molar-refractivity contribution in [2.24, 2.45) is 0 Å². The van der Waals surface area contributed by atoms with Crippen molar-refractivity contribution in [3.05, 3.63) is 144 Å². The second-order valence-corrected chi connectivity index (χ2v) is 9.51. The van der Waals surface area contributed by atoms with Gasteiger partial charge in [0.15, 0.2) is 0 Å². The van der Waals surface area contributed by atoms with E-state index in [-0.39, 0.29) is 11.3 Å². The second kappa shape index (κ2) is 9.95. The first-order valence-corrected chi connectivity index (χ1v) is 12.7. The summed E-state index contributed by atoms with van der Waals surface area (Å²) in [5.74, 6) is -0.414. The molecule has 0 radical (unpaired) electrons. The summed E-state index contributed by atoms with van der Waals surface area (Å²) in [5, 5.41) is 13.5. The van der Waals surface area contributed by atoms with Gasteiger partial charge in [-0.15, -0.1) is 0 Å². The molecule has 0 aromatic heterocycles. The van der Waals surface area contributed by atoms with Crippen molar-refractivity contribution in [2.75, 3.05) is 4.90 Å². The summed E-state index contributed by atoms with van der Waals surface area (Å²) in [7, 11) is 0. The Morgan fingerprint density at radius 1 is 0.718 bits per heavy atom. The van der Waals surface area contributed by atoms with Crippen molar-refractivity contribution in [3.8, 4) is 11.5 Å². The largest absolute Gasteiger partial charge is 0.507 e. The number of carbonyl (C=O) groups excluding carboxylic acids is 2. The van der Waals surface area contributed by atoms with Crippen LogP contribution in [-0.2, 0) is 9.59 Å². The summed E-state index contributed by atoms with van der Waals surface area (Å²) >= 11 is 0. The highest BCUT2D eigenvalue weighted by Crippen LogP contribution is 2.44. The number of ketones is 1. The Kier molecular flexibility index (Phi) is 6.17. The van der Waals surface area contributed by atoms with E-state index in [0.717, 1.165) is 16.3 Å². The van der Waals surface area contributed by atoms with Gasteiger partial charge >= 0.3 is 0 Å². The Hall–Kier alpha value is -5.16. The van der Waals surface area contributed by atoms with Crippen molar-refractivity contribution in [3.63, 3.8) is 0 Å². The minimum Gasteiger partial charge on any atom is -0.507 e. The van der Waals surface area contributed by atoms with E-state index < -0.39 is 17.7 Å². The third kappa shape index (κ3) is 4.44. The monoisotopic (exact) mass is 511 g/mol. The number of fused-ring (bicyclic) bond motifs is 1. The van der Waals surface area contributed by atoms with Crippen LogP contribution in [-0.4, -0.2) is 16.8 Å². The zero-order valence-corrected chi connectivity index (χ0v) is 21.2. The number of anilines is 1. The number of aryl methyl sites for hydroxylation is 1. The molecule has 5 heteroatoms. The van der Waals surface area contributed by atoms with Gasteiger partial charge in [-0.3, -0.25) is 14.5 Å². The Morgan fingerprint density at radius 3 is 2.21 bits per heavy atom. The molecule has 1 N–H and O–H groups in total. The number of benzene rings is 5. The van der Waals surface area contributed by atoms with Gasteiger partial charge in [0.25, 0.3) is 11.7 Å². The van der Waals surface area contributed by atoms with Gasteiger partial charge in [-0.2, -0.15) is 0 Å². The topological polar surface area (TPSA) is 66.8 Å². The van der Waals surface area contributed by atoms with Crippen LogP contribution in [0.3, 0.4) is 0 Å². The molecule has 1 aliphatic rings. The maximum atomic E-state index is 13.6. The van der Waals surface area contributed by atoms with Crippen LogP contribution >= 0.6 is 0 Å². The summed E-state index contributed by atoms with van der Waals surface area (Å²) < 4.78 is 6.06. The number of hydrogen-bond donors (Lipinski definition) is 1. The number of hydrogen-bond acceptors (Lipinski definition) is 4. The highest BCUT2D eigenvalue weighted by Gasteiger charge is 2.47. The molecule has 1 atom stereocenters. The molecule has 0 bridgehead atoms. The highest BCUT2D eigenvalue weighted by molar-refractivity contribution is 6.51. The fourth-order valence-electron chi connectivity index (χ4n) is 5.09. The van der Waals surface area contributed by atoms with Gasteiger partial charge < -0.3 is 9.84 Å². The van der Waals surface area contributed by atoms with Crippen molar-refractivity contribution in [1.82, 2.24) is 0 Å². The number of nitrogens with zero attached hydrogens (tertiary/aromatic N) is 1. The fraction of sp³-hybridized carbons (Fsp3) is 0.0588. The Balaban J connectivity index is 1.53. The number of amides is 1. The number of ether oxygens (including phenoxy) is 1. The van der Waals surface area contributed by atoms with Gasteiger partial charge in [-0.1, -0.05) is 84.9 Å². The first kappa shape index (κ1) is 24.2. The number of Topliss-reactive ketones (excluding diaryl/α,β-unsaturated/α-hetero) is 1. The zero-order valence-electron chi connectivity index (χ0n) is 21.2. The molecule has 5 nitrogen and oxygen atoms in total. The summed E-state index contributed by atoms with van der Waals surface area (Å²) in [5.41, 5.74) is 2.60. The SMILES string of the molecule is Cc1ccccc1N1C(=O)C(=O)/C(=C(\O)c2ccc3ccccc3c2)C1c1cccc(Oc2ccccc2)c1. The number of carbonyl (C=O) groups is 2. The van der Waals surface area contributed by atoms with Gasteiger partial charge in [0, 0.05) is 11.3 Å². The average Bonchev–Trinajstić information content (AvgIpc) is 3.23. The van der Waals surface area contributed by atoms with Crippen LogP contribution in [0.5, 0.6) is 11.5 Å². The Morgan fingerprint density at radius 2 is 1.41 bits per heavy atom. The zero-order chi connectivity index (χ0) is 26.9. The second-order valence-electron chi connectivity index (χ2n) is 9.51. The van der Waals surface area contributed by atoms with Crippen molar-refractivity contribution in [2.45, 2.75) is 13.0 Å². The highest BCUT2D eigenvalue weighted by atomic mass is 16.5. The lowest BCUT2D eigenvalue weighted by Gasteiger charge is -2.27. The molecule has 1 fully saturated rings. The molecule has 5 aromatic rings. The van der Waals surface area contributed by atoms with E-state index in [2.05, 4.69) is 0 Å². The molecule has 1 amide bonds. The standard InChI is InChI=1S/C34H25NO4/c1-22-10-5-8-17-29(22)35-31(25-13-9-16-28(21-25)39-27-14-3-2-4-15-27)30(33(37)34(35)38)32(36)26-19-18-23-11-6-7-12-24(23)20-26/h2-21,31,36H,1H3/b32-30-. The van der Waals surface area contributed by atoms with E-state index in [1.54, 1.807) is 6.07 Å². The first-order chi connectivity index (χ1) is 19.0. The van der Waals surface area contributed by atoms with E-state index in [1.807, 2.05) is 122 Å². The molecule has 39 heavy (non-hydrogen) atoms. The lowest BCUT2D eigenvalue weighted by atomic mass is 9.94. The van der Waals surface area contributed by atoms with Crippen LogP contribution in [0.2, 0.25) is 0 Å². The van der Waals surface area contributed by atoms with E-state index >= 15 is 0 Å². The molecular weight excluding hydrogens is 486 g/mol. The van der Waals surface area contributed by atoms with Crippen molar-refractivity contribution >= 4 is 33.9 Å². The average molecular weight is 512 g/mol. The van der Waals surface area contributed by atoms with Crippen LogP contribution in [0, 0.1) is 6.92 Å². The van der Waals surface area contributed by atoms with Crippen molar-refractivity contribution < 1.29 is 19.4 Å². The van der Waals surface area contributed by atoms with Gasteiger partial charge in [0.1, 0.15) is 17.3 Å². The van der Waals surface area contributed by atoms with Crippen LogP contribution < -0.4 is 9.64 Å². The predicted octanol–water partition coefficient (Wildman–Crippen LogP) is 7.57. The van der Waals surface area contributed by atoms with E-state index in [1.165, 1.54) is 4.90 Å². The summed E-state index contributed by atoms with van der Waals surface area (Å²) in [6.07, 6.45) is 0. The smallest absolute Gasteiger partial charge is 0.300 e. The van der Waals surface area contributed by atoms with Gasteiger partial charge in [0.05, 0.1) is 11.6 Å². The Bertz CT molecular complexity index is 1760. The molecule has 1 saturated heterocycles. The third-order valence-corrected chi connectivity index (χ3v) is 7.00. The molecule has 0 spiro atoms. The predicted molar refractivity (Wildman–Crippen MR) is 153 cm³/mol. The van der Waals surface area contributed by atoms with Crippen LogP contribution in [0.4, 0.5) is 5.69 Å². The van der Waals surface area contributed by atoms with Gasteiger partial charge in [-0.05, 0) is 65.2 Å². The molecule has 0 aliphatic carbocycles. The minimum absolute atomic E-state index is 0.0374. The van der Waals surface area contributed by atoms with E-state index in [9.17, 15) is 14.7 Å². The number of rotatable bonds is 5. The lowest BCUT2D eigenvalue weighted by Crippen LogP contribution is -2.30. The Labute approximate surface area is 226 Å². The molecule has 1 aliphatic heterocycles. The van der Waals surface area contributed by atoms with Crippen LogP contribution in [0.15, 0.2) is 127 Å². The number of para-hydroxylation sites is 2. The van der Waals surface area contributed by atoms with Crippen LogP contribution in [0.1, 0.15) is 22.7 Å². The molecule has 6 rings (SSSR count). The normalized spacial score (nSPS) is 16.5. The summed E-state index contributed by atoms with van der Waals surface area (Å²) in [4.78, 5) is 28.7. The summed E-state index contributed by atoms with van der Waals surface area (Å²) in [6.45, 7) is 1.89. The van der Waals surface area contributed by atoms with E-state index in [0.29, 0.717) is 28.3 Å². The summed E-state index contributed by atoms with van der Waals surface area (Å²) in [6, 6.07) is 36.5. The maximum absolute atomic E-state index is 13.6. The molecule has 0 saturated carbocycles. The van der Waals surface area contributed by atoms with Gasteiger partial charge in [0.2, 0.25) is 0 Å². The molecule has 1 heterocycles. The molecule has 190 valence electrons. The minimum atomic E-state index is -0.850. The maximum Gasteiger partial charge on any atom is 0.300 e. The van der Waals surface area contributed by atoms with Crippen molar-refractivity contribution in [1.29, 1.82) is 0 Å². The van der Waals surface area contributed by atoms with E-state index in [4.69, 9.17) is 4.74 Å². The lowest BCUT2D eigenvalue weighted by molar-refractivity contribution is -0.132. The fourth-order valence-corrected chi connectivity index (χ4v) is 5.09. The van der Waals surface area contributed by atoms with Gasteiger partial charge in [-0.25, -0.2) is 0 Å². The third-order valence-electron chi connectivity index (χ3n) is 7.00. The van der Waals surface area contributed by atoms with Crippen LogP contribution in [0.25, 0.3) is 16.5 Å². The molecular formula is C34H25NO4. The molecule has 1 unspecified atom stereocenters.